The minimum Gasteiger partial charge on any atom is -0.741 e. The van der Waals surface area contributed by atoms with Gasteiger partial charge >= 0.3 is 5.51 Å². The molecule has 0 aliphatic rings. The fourth-order valence-electron chi connectivity index (χ4n) is 1.33. The van der Waals surface area contributed by atoms with Gasteiger partial charge in [0.2, 0.25) is 0 Å². The zero-order valence-electron chi connectivity index (χ0n) is 10.5. The van der Waals surface area contributed by atoms with Gasteiger partial charge in [-0.2, -0.15) is 13.2 Å². The normalized spacial score (nSPS) is 10.8. The second-order valence-electron chi connectivity index (χ2n) is 3.55. The van der Waals surface area contributed by atoms with E-state index in [-0.39, 0.29) is 19.5 Å². The van der Waals surface area contributed by atoms with Crippen LogP contribution in [0.25, 0.3) is 10.8 Å². The van der Waals surface area contributed by atoms with Gasteiger partial charge in [-0.25, -0.2) is 8.42 Å². The second kappa shape index (κ2) is 7.55. The van der Waals surface area contributed by atoms with Crippen LogP contribution >= 0.6 is 0 Å². The van der Waals surface area contributed by atoms with Crippen molar-refractivity contribution in [3.05, 3.63) is 54.5 Å². The first-order valence-corrected chi connectivity index (χ1v) is 6.50. The molecule has 0 unspecified atom stereocenters. The molecule has 0 aromatic heterocycles. The number of fused-ring (bicyclic) bond motifs is 1. The number of halogens is 3. The summed E-state index contributed by atoms with van der Waals surface area (Å²) in [5.41, 5.74) is -4.79. The molecule has 1 radical (unpaired) electrons. The molecular formula is C13H7F3O3SZn-. The first-order valence-electron chi connectivity index (χ1n) is 5.09. The average molecular weight is 366 g/mol. The Kier molecular flexibility index (Phi) is 7.04. The van der Waals surface area contributed by atoms with Gasteiger partial charge in [0.1, 0.15) is 0 Å². The Balaban J connectivity index is 0.000000397. The van der Waals surface area contributed by atoms with Gasteiger partial charge < -0.3 is 4.55 Å². The van der Waals surface area contributed by atoms with Crippen molar-refractivity contribution in [1.29, 1.82) is 0 Å². The van der Waals surface area contributed by atoms with Gasteiger partial charge in [-0.05, 0) is 23.3 Å². The summed E-state index contributed by atoms with van der Waals surface area (Å²) in [6.45, 7) is 0. The number of hydrogen-bond acceptors (Lipinski definition) is 3. The molecule has 0 bridgehead atoms. The fraction of sp³-hybridized carbons (Fsp3) is 0.0769. The molecule has 0 amide bonds. The van der Waals surface area contributed by atoms with E-state index in [1.807, 2.05) is 42.5 Å². The van der Waals surface area contributed by atoms with Crippen LogP contribution < -0.4 is 0 Å². The maximum Gasteiger partial charge on any atom is 0.485 e. The van der Waals surface area contributed by atoms with Gasteiger partial charge in [-0.15, -0.1) is 0 Å². The smallest absolute Gasteiger partial charge is 0.485 e. The van der Waals surface area contributed by atoms with E-state index in [1.165, 1.54) is 0 Å². The van der Waals surface area contributed by atoms with Crippen molar-refractivity contribution in [3.8, 4) is 5.92 Å². The van der Waals surface area contributed by atoms with Crippen LogP contribution in [0.3, 0.4) is 0 Å². The van der Waals surface area contributed by atoms with Crippen LogP contribution in [0.15, 0.2) is 42.5 Å². The van der Waals surface area contributed by atoms with Crippen LogP contribution in [0.2, 0.25) is 0 Å². The predicted octanol–water partition coefficient (Wildman–Crippen LogP) is 2.83. The fourth-order valence-corrected chi connectivity index (χ4v) is 1.33. The van der Waals surface area contributed by atoms with Crippen LogP contribution in [-0.4, -0.2) is 18.5 Å². The Labute approximate surface area is 132 Å². The predicted molar refractivity (Wildman–Crippen MR) is 65.9 cm³/mol. The van der Waals surface area contributed by atoms with Gasteiger partial charge in [-0.3, -0.25) is 0 Å². The van der Waals surface area contributed by atoms with Crippen molar-refractivity contribution >= 4 is 20.9 Å². The molecule has 3 nitrogen and oxygen atoms in total. The molecule has 0 saturated carbocycles. The average Bonchev–Trinajstić information content (AvgIpc) is 2.36. The van der Waals surface area contributed by atoms with Crippen molar-refractivity contribution in [2.24, 2.45) is 0 Å². The SMILES string of the molecule is O=S(=O)([O-])C(F)(F)F.[C]#Cc1cccc2ccccc12.[Zn]. The Hall–Kier alpha value is -1.42. The van der Waals surface area contributed by atoms with Gasteiger partial charge in [0.25, 0.3) is 0 Å². The second-order valence-corrected chi connectivity index (χ2v) is 4.92. The zero-order chi connectivity index (χ0) is 15.4. The van der Waals surface area contributed by atoms with Crippen molar-refractivity contribution < 1.29 is 45.6 Å². The molecule has 0 N–H and O–H groups in total. The Morgan fingerprint density at radius 1 is 1.05 bits per heavy atom. The van der Waals surface area contributed by atoms with E-state index in [2.05, 4.69) is 5.92 Å². The molecule has 2 rings (SSSR count). The molecule has 0 fully saturated rings. The summed E-state index contributed by atoms with van der Waals surface area (Å²) in [6.07, 6.45) is 7.08. The summed E-state index contributed by atoms with van der Waals surface area (Å²) in [5, 5.41) is 2.25. The van der Waals surface area contributed by atoms with E-state index in [9.17, 15) is 13.2 Å². The third-order valence-electron chi connectivity index (χ3n) is 2.21. The van der Waals surface area contributed by atoms with Gasteiger partial charge in [0, 0.05) is 25.0 Å². The molecule has 0 aliphatic carbocycles. The number of hydrogen-bond donors (Lipinski definition) is 0. The van der Waals surface area contributed by atoms with E-state index in [0.29, 0.717) is 0 Å². The standard InChI is InChI=1S/C12H7.CHF3O3S.Zn/c1-2-10-7-5-8-11-6-3-4-9-12(10)11;2-1(3,4)8(5,6)7;/h3-9H;(H,5,6,7);/p-1. The maximum atomic E-state index is 10.7. The number of rotatable bonds is 0. The zero-order valence-corrected chi connectivity index (χ0v) is 14.3. The van der Waals surface area contributed by atoms with Crippen LogP contribution in [0, 0.1) is 12.3 Å². The van der Waals surface area contributed by atoms with Gasteiger partial charge in [0.15, 0.2) is 10.1 Å². The Morgan fingerprint density at radius 3 is 2.00 bits per heavy atom. The van der Waals surface area contributed by atoms with E-state index < -0.39 is 15.6 Å². The molecule has 8 heteroatoms. The number of benzene rings is 2. The third-order valence-corrected chi connectivity index (χ3v) is 2.77. The molecule has 21 heavy (non-hydrogen) atoms. The Morgan fingerprint density at radius 2 is 1.52 bits per heavy atom. The van der Waals surface area contributed by atoms with Crippen molar-refractivity contribution in [1.82, 2.24) is 0 Å². The summed E-state index contributed by atoms with van der Waals surface area (Å²) in [6, 6.07) is 13.9. The summed E-state index contributed by atoms with van der Waals surface area (Å²) in [7, 11) is -6.09. The van der Waals surface area contributed by atoms with Crippen LogP contribution in [0.4, 0.5) is 13.2 Å². The molecule has 0 spiro atoms. The van der Waals surface area contributed by atoms with E-state index in [4.69, 9.17) is 19.4 Å². The molecule has 2 aromatic rings. The van der Waals surface area contributed by atoms with Crippen molar-refractivity contribution in [3.63, 3.8) is 0 Å². The minimum atomic E-state index is -6.09. The van der Waals surface area contributed by atoms with E-state index in [0.717, 1.165) is 16.3 Å². The first-order chi connectivity index (χ1) is 9.17. The molecule has 107 valence electrons. The summed E-state index contributed by atoms with van der Waals surface area (Å²) >= 11 is 0. The third kappa shape index (κ3) is 5.46. The Bertz CT molecular complexity index is 744. The van der Waals surface area contributed by atoms with E-state index >= 15 is 0 Å². The summed E-state index contributed by atoms with van der Waals surface area (Å²) < 4.78 is 58.9. The van der Waals surface area contributed by atoms with Crippen LogP contribution in [0.5, 0.6) is 0 Å². The van der Waals surface area contributed by atoms with Crippen molar-refractivity contribution in [2.45, 2.75) is 5.51 Å². The monoisotopic (exact) mass is 364 g/mol. The van der Waals surface area contributed by atoms with Crippen LogP contribution in [-0.2, 0) is 29.6 Å². The van der Waals surface area contributed by atoms with E-state index in [1.54, 1.807) is 0 Å². The summed E-state index contributed by atoms with van der Waals surface area (Å²) in [4.78, 5) is 0. The molecule has 0 heterocycles. The largest absolute Gasteiger partial charge is 0.741 e. The topological polar surface area (TPSA) is 57.2 Å². The molecule has 0 aliphatic heterocycles. The molecule has 2 aromatic carbocycles. The summed E-state index contributed by atoms with van der Waals surface area (Å²) in [5.74, 6) is 2.42. The van der Waals surface area contributed by atoms with Gasteiger partial charge in [0.05, 0.1) is 0 Å². The first kappa shape index (κ1) is 19.6. The number of alkyl halides is 3. The van der Waals surface area contributed by atoms with Gasteiger partial charge in [-0.1, -0.05) is 42.3 Å². The van der Waals surface area contributed by atoms with Crippen molar-refractivity contribution in [2.75, 3.05) is 0 Å². The molecular weight excluding hydrogens is 359 g/mol. The molecule has 0 atom stereocenters. The van der Waals surface area contributed by atoms with Crippen LogP contribution in [0.1, 0.15) is 5.56 Å². The molecule has 0 saturated heterocycles. The minimum absolute atomic E-state index is 0. The maximum absolute atomic E-state index is 10.7. The quantitative estimate of drug-likeness (QED) is 0.312.